The van der Waals surface area contributed by atoms with E-state index in [0.29, 0.717) is 30.9 Å². The minimum Gasteiger partial charge on any atom is -0.381 e. The summed E-state index contributed by atoms with van der Waals surface area (Å²) in [5.74, 6) is 1.87. The molecule has 2 N–H and O–H groups in total. The van der Waals surface area contributed by atoms with Crippen molar-refractivity contribution in [2.24, 2.45) is 0 Å². The molecule has 0 spiro atoms. The van der Waals surface area contributed by atoms with Gasteiger partial charge in [0.15, 0.2) is 17.5 Å². The van der Waals surface area contributed by atoms with Crippen LogP contribution in [0.2, 0.25) is 0 Å². The Labute approximate surface area is 183 Å². The zero-order chi connectivity index (χ0) is 22.2. The summed E-state index contributed by atoms with van der Waals surface area (Å²) in [5, 5.41) is 12.7. The maximum absolute atomic E-state index is 14.8. The molecular weight excluding hydrogens is 411 g/mol. The van der Waals surface area contributed by atoms with Crippen molar-refractivity contribution in [1.29, 1.82) is 0 Å². The molecule has 5 rings (SSSR count). The van der Waals surface area contributed by atoms with Crippen LogP contribution in [-0.4, -0.2) is 48.0 Å². The van der Waals surface area contributed by atoms with Crippen LogP contribution in [0.4, 0.5) is 10.2 Å². The Hall–Kier alpha value is -4.10. The zero-order valence-corrected chi connectivity index (χ0v) is 17.2. The molecule has 1 saturated heterocycles. The van der Waals surface area contributed by atoms with E-state index in [0.717, 1.165) is 11.3 Å². The highest BCUT2D eigenvalue weighted by Crippen LogP contribution is 2.28. The van der Waals surface area contributed by atoms with Crippen molar-refractivity contribution >= 4 is 5.82 Å². The molecule has 0 radical (unpaired) electrons. The fourth-order valence-electron chi connectivity index (χ4n) is 3.48. The number of benzene rings is 1. The molecule has 1 aliphatic heterocycles. The lowest BCUT2D eigenvalue weighted by atomic mass is 10.0. The summed E-state index contributed by atoms with van der Waals surface area (Å²) in [6.45, 7) is 3.56. The maximum atomic E-state index is 14.8. The average Bonchev–Trinajstić information content (AvgIpc) is 3.39. The molecule has 10 heteroatoms. The van der Waals surface area contributed by atoms with Crippen LogP contribution in [0.3, 0.4) is 0 Å². The van der Waals surface area contributed by atoms with E-state index < -0.39 is 5.82 Å². The van der Waals surface area contributed by atoms with Crippen LogP contribution < -0.4 is 5.73 Å². The van der Waals surface area contributed by atoms with Crippen LogP contribution in [0.5, 0.6) is 0 Å². The Morgan fingerprint density at radius 1 is 1.28 bits per heavy atom. The predicted octanol–water partition coefficient (Wildman–Crippen LogP) is 2.23. The summed E-state index contributed by atoms with van der Waals surface area (Å²) in [4.78, 5) is 8.51. The Morgan fingerprint density at radius 3 is 2.88 bits per heavy atom. The summed E-state index contributed by atoms with van der Waals surface area (Å²) in [7, 11) is 0. The van der Waals surface area contributed by atoms with Crippen LogP contribution in [-0.2, 0) is 11.3 Å². The minimum absolute atomic E-state index is 0.0265. The standard InChI is InChI=1S/C22H19FN8O/c1-3-14-5-4-6-17(13(14)2)22-25-20(19(23)21(24)26-22)18-10-30(29-27-18)9-15-7-8-31(28-15)16-11-32-12-16/h1,4-8,10,16H,9,11-12H2,2H3,(H2,24,25,26). The number of anilines is 1. The van der Waals surface area contributed by atoms with Gasteiger partial charge in [-0.25, -0.2) is 19.0 Å². The second-order valence-electron chi connectivity index (χ2n) is 7.50. The zero-order valence-electron chi connectivity index (χ0n) is 17.2. The first-order valence-corrected chi connectivity index (χ1v) is 9.95. The van der Waals surface area contributed by atoms with Crippen molar-refractivity contribution in [2.75, 3.05) is 18.9 Å². The van der Waals surface area contributed by atoms with Gasteiger partial charge in [0, 0.05) is 17.3 Å². The predicted molar refractivity (Wildman–Crippen MR) is 115 cm³/mol. The number of terminal acetylenes is 1. The van der Waals surface area contributed by atoms with Crippen molar-refractivity contribution < 1.29 is 9.13 Å². The highest BCUT2D eigenvalue weighted by atomic mass is 19.1. The van der Waals surface area contributed by atoms with Crippen LogP contribution in [0.1, 0.15) is 22.9 Å². The lowest BCUT2D eigenvalue weighted by Gasteiger charge is -2.25. The molecule has 1 fully saturated rings. The normalized spacial score (nSPS) is 13.7. The van der Waals surface area contributed by atoms with Gasteiger partial charge >= 0.3 is 0 Å². The van der Waals surface area contributed by atoms with Gasteiger partial charge in [-0.15, -0.1) is 11.5 Å². The molecule has 3 aromatic heterocycles. The van der Waals surface area contributed by atoms with Crippen molar-refractivity contribution in [3.8, 4) is 35.1 Å². The first-order chi connectivity index (χ1) is 15.5. The van der Waals surface area contributed by atoms with E-state index in [4.69, 9.17) is 16.9 Å². The number of aromatic nitrogens is 7. The largest absolute Gasteiger partial charge is 0.381 e. The summed E-state index contributed by atoms with van der Waals surface area (Å²) < 4.78 is 23.5. The second-order valence-corrected chi connectivity index (χ2v) is 7.50. The molecule has 0 unspecified atom stereocenters. The third-order valence-corrected chi connectivity index (χ3v) is 5.37. The van der Waals surface area contributed by atoms with Crippen LogP contribution in [0, 0.1) is 25.1 Å². The van der Waals surface area contributed by atoms with E-state index in [1.54, 1.807) is 16.9 Å². The lowest BCUT2D eigenvalue weighted by molar-refractivity contribution is -0.0288. The Kier molecular flexibility index (Phi) is 4.88. The fourth-order valence-corrected chi connectivity index (χ4v) is 3.48. The van der Waals surface area contributed by atoms with E-state index in [2.05, 4.69) is 31.3 Å². The number of rotatable bonds is 5. The van der Waals surface area contributed by atoms with E-state index in [9.17, 15) is 4.39 Å². The SMILES string of the molecule is C#Cc1cccc(-c2nc(N)c(F)c(-c3cn(Cc4ccn(C5COC5)n4)nn3)n2)c1C. The number of ether oxygens (including phenoxy) is 1. The first kappa shape index (κ1) is 19.8. The number of nitrogen functional groups attached to an aromatic ring is 1. The molecular formula is C22H19FN8O. The van der Waals surface area contributed by atoms with Crippen molar-refractivity contribution in [1.82, 2.24) is 34.7 Å². The van der Waals surface area contributed by atoms with Crippen molar-refractivity contribution in [2.45, 2.75) is 19.5 Å². The molecule has 0 atom stereocenters. The number of nitrogens with zero attached hydrogens (tertiary/aromatic N) is 7. The maximum Gasteiger partial charge on any atom is 0.193 e. The van der Waals surface area contributed by atoms with Gasteiger partial charge in [-0.1, -0.05) is 23.3 Å². The topological polar surface area (TPSA) is 110 Å². The molecule has 0 bridgehead atoms. The molecule has 4 aromatic rings. The average molecular weight is 430 g/mol. The third kappa shape index (κ3) is 3.48. The first-order valence-electron chi connectivity index (χ1n) is 9.95. The van der Waals surface area contributed by atoms with Gasteiger partial charge in [0.1, 0.15) is 11.4 Å². The molecule has 1 aromatic carbocycles. The van der Waals surface area contributed by atoms with E-state index in [1.807, 2.05) is 36.0 Å². The number of halogens is 1. The molecule has 0 aliphatic carbocycles. The summed E-state index contributed by atoms with van der Waals surface area (Å²) in [5.41, 5.74) is 9.06. The van der Waals surface area contributed by atoms with Gasteiger partial charge in [0.2, 0.25) is 0 Å². The fraction of sp³-hybridized carbons (Fsp3) is 0.227. The van der Waals surface area contributed by atoms with Crippen molar-refractivity contribution in [3.05, 3.63) is 59.3 Å². The molecule has 32 heavy (non-hydrogen) atoms. The molecule has 160 valence electrons. The van der Waals surface area contributed by atoms with Gasteiger partial charge in [0.25, 0.3) is 0 Å². The van der Waals surface area contributed by atoms with Crippen molar-refractivity contribution in [3.63, 3.8) is 0 Å². The molecule has 9 nitrogen and oxygen atoms in total. The minimum atomic E-state index is -0.749. The molecule has 0 amide bonds. The summed E-state index contributed by atoms with van der Waals surface area (Å²) in [6, 6.07) is 7.60. The van der Waals surface area contributed by atoms with Gasteiger partial charge in [-0.3, -0.25) is 4.68 Å². The second kappa shape index (κ2) is 7.86. The number of nitrogens with two attached hydrogens (primary N) is 1. The summed E-state index contributed by atoms with van der Waals surface area (Å²) in [6.07, 6.45) is 9.07. The smallest absolute Gasteiger partial charge is 0.193 e. The van der Waals surface area contributed by atoms with Gasteiger partial charge in [-0.2, -0.15) is 5.10 Å². The highest BCUT2D eigenvalue weighted by molar-refractivity contribution is 5.69. The van der Waals surface area contributed by atoms with Gasteiger partial charge in [0.05, 0.1) is 37.7 Å². The molecule has 4 heterocycles. The highest BCUT2D eigenvalue weighted by Gasteiger charge is 2.22. The molecule has 0 saturated carbocycles. The quantitative estimate of drug-likeness (QED) is 0.484. The van der Waals surface area contributed by atoms with E-state index >= 15 is 0 Å². The Balaban J connectivity index is 1.46. The van der Waals surface area contributed by atoms with Gasteiger partial charge < -0.3 is 10.5 Å². The Bertz CT molecular complexity index is 1350. The van der Waals surface area contributed by atoms with Gasteiger partial charge in [-0.05, 0) is 24.6 Å². The lowest BCUT2D eigenvalue weighted by Crippen LogP contribution is -2.31. The van der Waals surface area contributed by atoms with Crippen LogP contribution in [0.25, 0.3) is 22.8 Å². The molecule has 1 aliphatic rings. The third-order valence-electron chi connectivity index (χ3n) is 5.37. The van der Waals surface area contributed by atoms with E-state index in [-0.39, 0.29) is 29.1 Å². The van der Waals surface area contributed by atoms with Crippen LogP contribution >= 0.6 is 0 Å². The monoisotopic (exact) mass is 430 g/mol. The Morgan fingerprint density at radius 2 is 2.12 bits per heavy atom. The number of hydrogen-bond donors (Lipinski definition) is 1. The van der Waals surface area contributed by atoms with Crippen LogP contribution in [0.15, 0.2) is 36.7 Å². The number of hydrogen-bond acceptors (Lipinski definition) is 7. The van der Waals surface area contributed by atoms with E-state index in [1.165, 1.54) is 0 Å². The summed E-state index contributed by atoms with van der Waals surface area (Å²) >= 11 is 0.